The van der Waals surface area contributed by atoms with Gasteiger partial charge < -0.3 is 9.13 Å². The maximum atomic E-state index is 8.64. The summed E-state index contributed by atoms with van der Waals surface area (Å²) in [5.41, 5.74) is 4.45. The van der Waals surface area contributed by atoms with Crippen molar-refractivity contribution < 1.29 is 0 Å². The van der Waals surface area contributed by atoms with E-state index in [1.54, 1.807) is 10.9 Å². The molecule has 1 N–H and O–H groups in total. The Kier molecular flexibility index (Phi) is 4.12. The van der Waals surface area contributed by atoms with Crippen LogP contribution >= 0.6 is 0 Å². The second-order valence-corrected chi connectivity index (χ2v) is 6.15. The quantitative estimate of drug-likeness (QED) is 0.567. The fourth-order valence-electron chi connectivity index (χ4n) is 3.20. The predicted molar refractivity (Wildman–Crippen MR) is 103 cm³/mol. The number of rotatable bonds is 4. The molecule has 26 heavy (non-hydrogen) atoms. The first kappa shape index (κ1) is 15.9. The number of benzene rings is 2. The Balaban J connectivity index is 1.95. The van der Waals surface area contributed by atoms with Gasteiger partial charge in [0.05, 0.1) is 18.3 Å². The van der Waals surface area contributed by atoms with Crippen LogP contribution in [0.5, 0.6) is 0 Å². The molecule has 0 bridgehead atoms. The van der Waals surface area contributed by atoms with E-state index in [-0.39, 0.29) is 0 Å². The normalized spacial score (nSPS) is 10.7. The zero-order valence-corrected chi connectivity index (χ0v) is 14.3. The van der Waals surface area contributed by atoms with Crippen LogP contribution in [0.4, 0.5) is 0 Å². The van der Waals surface area contributed by atoms with Gasteiger partial charge in [0.25, 0.3) is 0 Å². The van der Waals surface area contributed by atoms with E-state index in [4.69, 9.17) is 11.8 Å². The van der Waals surface area contributed by atoms with Crippen molar-refractivity contribution in [2.45, 2.75) is 13.1 Å². The van der Waals surface area contributed by atoms with Crippen molar-refractivity contribution in [2.75, 3.05) is 0 Å². The summed E-state index contributed by atoms with van der Waals surface area (Å²) < 4.78 is 3.80. The van der Waals surface area contributed by atoms with Crippen LogP contribution in [0.3, 0.4) is 0 Å². The van der Waals surface area contributed by atoms with Crippen LogP contribution in [-0.2, 0) is 13.1 Å². The Bertz CT molecular complexity index is 1150. The number of nitrogens with one attached hydrogen (secondary N) is 1. The van der Waals surface area contributed by atoms with Gasteiger partial charge in [-0.1, -0.05) is 66.6 Å². The minimum absolute atomic E-state index is 0.333. The highest BCUT2D eigenvalue weighted by molar-refractivity contribution is 5.93. The van der Waals surface area contributed by atoms with E-state index in [0.29, 0.717) is 18.6 Å². The van der Waals surface area contributed by atoms with E-state index in [1.807, 2.05) is 36.4 Å². The molecule has 4 aromatic rings. The molecule has 0 saturated heterocycles. The van der Waals surface area contributed by atoms with E-state index in [9.17, 15) is 0 Å². The summed E-state index contributed by atoms with van der Waals surface area (Å²) >= 11 is 0. The summed E-state index contributed by atoms with van der Waals surface area (Å²) in [7, 11) is 0. The monoisotopic (exact) mass is 338 g/mol. The number of hydrogen-bond donors (Lipinski definition) is 1. The predicted octanol–water partition coefficient (Wildman–Crippen LogP) is 3.67. The van der Waals surface area contributed by atoms with Crippen LogP contribution in [0, 0.1) is 17.8 Å². The third-order valence-corrected chi connectivity index (χ3v) is 4.44. The van der Waals surface area contributed by atoms with Gasteiger partial charge in [-0.05, 0) is 11.1 Å². The lowest BCUT2D eigenvalue weighted by atomic mass is 10.1. The summed E-state index contributed by atoms with van der Waals surface area (Å²) in [6, 6.07) is 20.4. The molecule has 4 nitrogen and oxygen atoms in total. The highest BCUT2D eigenvalue weighted by Gasteiger charge is 2.15. The Morgan fingerprint density at radius 3 is 2.35 bits per heavy atom. The number of fused-ring (bicyclic) bond motifs is 1. The van der Waals surface area contributed by atoms with Crippen LogP contribution in [-0.4, -0.2) is 14.1 Å². The molecule has 126 valence electrons. The van der Waals surface area contributed by atoms with E-state index >= 15 is 0 Å². The second-order valence-electron chi connectivity index (χ2n) is 6.15. The van der Waals surface area contributed by atoms with Crippen molar-refractivity contribution in [1.82, 2.24) is 14.1 Å². The highest BCUT2D eigenvalue weighted by Crippen LogP contribution is 2.27. The summed E-state index contributed by atoms with van der Waals surface area (Å²) in [5, 5.41) is 9.46. The maximum Gasteiger partial charge on any atom is 0.146 e. The first-order valence-electron chi connectivity index (χ1n) is 8.43. The van der Waals surface area contributed by atoms with E-state index in [2.05, 4.69) is 45.9 Å². The molecule has 0 saturated carbocycles. The van der Waals surface area contributed by atoms with Crippen LogP contribution in [0.2, 0.25) is 0 Å². The number of terminal acetylenes is 1. The molecule has 4 rings (SSSR count). The second kappa shape index (κ2) is 6.73. The molecule has 0 aliphatic carbocycles. The molecule has 4 heteroatoms. The van der Waals surface area contributed by atoms with Gasteiger partial charge in [-0.3, -0.25) is 5.41 Å². The van der Waals surface area contributed by atoms with Crippen molar-refractivity contribution >= 4 is 11.0 Å². The van der Waals surface area contributed by atoms with Crippen molar-refractivity contribution in [3.8, 4) is 23.5 Å². The molecule has 2 aromatic carbocycles. The van der Waals surface area contributed by atoms with Gasteiger partial charge in [0, 0.05) is 18.3 Å². The Hall–Kier alpha value is -3.58. The third kappa shape index (κ3) is 2.80. The lowest BCUT2D eigenvalue weighted by Gasteiger charge is -2.06. The Morgan fingerprint density at radius 1 is 0.962 bits per heavy atom. The standard InChI is InChI=1S/C22H18N4/c1-2-13-25-16-24-22-20(21(25)23)19(18-11-7-4-8-12-18)15-26(22)14-17-9-5-3-6-10-17/h1,3-12,15-16,23H,13-14H2. The van der Waals surface area contributed by atoms with Gasteiger partial charge in [-0.15, -0.1) is 6.42 Å². The fourth-order valence-corrected chi connectivity index (χ4v) is 3.20. The van der Waals surface area contributed by atoms with Gasteiger partial charge in [-0.2, -0.15) is 0 Å². The molecule has 0 atom stereocenters. The van der Waals surface area contributed by atoms with Gasteiger partial charge in [0.2, 0.25) is 0 Å². The first-order chi connectivity index (χ1) is 12.8. The van der Waals surface area contributed by atoms with Crippen molar-refractivity contribution in [3.05, 3.63) is 84.2 Å². The van der Waals surface area contributed by atoms with Gasteiger partial charge >= 0.3 is 0 Å². The minimum Gasteiger partial charge on any atom is -0.327 e. The van der Waals surface area contributed by atoms with Crippen molar-refractivity contribution in [1.29, 1.82) is 5.41 Å². The average Bonchev–Trinajstić information content (AvgIpc) is 3.05. The molecule has 0 fully saturated rings. The van der Waals surface area contributed by atoms with Crippen molar-refractivity contribution in [3.63, 3.8) is 0 Å². The summed E-state index contributed by atoms with van der Waals surface area (Å²) in [6.45, 7) is 1.04. The highest BCUT2D eigenvalue weighted by atomic mass is 15.1. The van der Waals surface area contributed by atoms with Crippen molar-refractivity contribution in [2.24, 2.45) is 0 Å². The molecular weight excluding hydrogens is 320 g/mol. The van der Waals surface area contributed by atoms with Gasteiger partial charge in [0.1, 0.15) is 11.1 Å². The molecule has 0 amide bonds. The zero-order valence-electron chi connectivity index (χ0n) is 14.3. The lowest BCUT2D eigenvalue weighted by Crippen LogP contribution is -2.20. The largest absolute Gasteiger partial charge is 0.327 e. The molecule has 2 heterocycles. The summed E-state index contributed by atoms with van der Waals surface area (Å²) in [6.07, 6.45) is 9.18. The molecule has 2 aromatic heterocycles. The third-order valence-electron chi connectivity index (χ3n) is 4.44. The summed E-state index contributed by atoms with van der Waals surface area (Å²) in [5.74, 6) is 2.59. The average molecular weight is 338 g/mol. The van der Waals surface area contributed by atoms with Crippen LogP contribution < -0.4 is 5.49 Å². The van der Waals surface area contributed by atoms with Gasteiger partial charge in [-0.25, -0.2) is 4.98 Å². The lowest BCUT2D eigenvalue weighted by molar-refractivity contribution is 0.744. The zero-order chi connectivity index (χ0) is 17.9. The molecule has 0 spiro atoms. The summed E-state index contributed by atoms with van der Waals surface area (Å²) in [4.78, 5) is 4.61. The molecule has 0 unspecified atom stereocenters. The number of aromatic nitrogens is 3. The van der Waals surface area contributed by atoms with Crippen LogP contribution in [0.15, 0.2) is 73.2 Å². The first-order valence-corrected chi connectivity index (χ1v) is 8.43. The molecule has 0 aliphatic rings. The molecular formula is C22H18N4. The van der Waals surface area contributed by atoms with E-state index in [0.717, 1.165) is 22.2 Å². The number of nitrogens with zero attached hydrogens (tertiary/aromatic N) is 3. The minimum atomic E-state index is 0.333. The van der Waals surface area contributed by atoms with E-state index in [1.165, 1.54) is 5.56 Å². The molecule has 0 radical (unpaired) electrons. The number of hydrogen-bond acceptors (Lipinski definition) is 2. The SMILES string of the molecule is C#CCn1cnc2c(c(-c3ccccc3)cn2Cc2ccccc2)c1=N. The van der Waals surface area contributed by atoms with Gasteiger partial charge in [0.15, 0.2) is 0 Å². The van der Waals surface area contributed by atoms with Crippen LogP contribution in [0.1, 0.15) is 5.56 Å². The molecule has 0 aliphatic heterocycles. The Labute approximate surface area is 151 Å². The maximum absolute atomic E-state index is 8.64. The van der Waals surface area contributed by atoms with E-state index < -0.39 is 0 Å². The topological polar surface area (TPSA) is 46.6 Å². The fraction of sp³-hybridized carbons (Fsp3) is 0.0909. The smallest absolute Gasteiger partial charge is 0.146 e. The van der Waals surface area contributed by atoms with Crippen LogP contribution in [0.25, 0.3) is 22.2 Å². The Morgan fingerprint density at radius 2 is 1.65 bits per heavy atom.